The summed E-state index contributed by atoms with van der Waals surface area (Å²) in [5.41, 5.74) is 0.556. The van der Waals surface area contributed by atoms with Gasteiger partial charge in [0.2, 0.25) is 0 Å². The summed E-state index contributed by atoms with van der Waals surface area (Å²) in [5, 5.41) is 12.1. The summed E-state index contributed by atoms with van der Waals surface area (Å²) < 4.78 is 5.53. The summed E-state index contributed by atoms with van der Waals surface area (Å²) in [5.74, 6) is 0.663. The number of carbonyl (C=O) groups excluding carboxylic acids is 1. The first kappa shape index (κ1) is 13.9. The first-order valence-electron chi connectivity index (χ1n) is 6.70. The van der Waals surface area contributed by atoms with Gasteiger partial charge in [0.15, 0.2) is 0 Å². The van der Waals surface area contributed by atoms with Gasteiger partial charge in [-0.1, -0.05) is 0 Å². The molecule has 0 spiro atoms. The molecule has 0 bridgehead atoms. The molecule has 0 radical (unpaired) electrons. The smallest absolute Gasteiger partial charge is 0.251 e. The normalized spacial score (nSPS) is 16.2. The van der Waals surface area contributed by atoms with Crippen LogP contribution in [0.3, 0.4) is 0 Å². The summed E-state index contributed by atoms with van der Waals surface area (Å²) in [7, 11) is 0. The number of nitrogens with one attached hydrogen (secondary N) is 1. The Kier molecular flexibility index (Phi) is 4.10. The van der Waals surface area contributed by atoms with Crippen LogP contribution >= 0.6 is 0 Å². The van der Waals surface area contributed by atoms with Gasteiger partial charge in [0.1, 0.15) is 5.75 Å². The van der Waals surface area contributed by atoms with Crippen LogP contribution in [0.2, 0.25) is 0 Å². The molecule has 1 fully saturated rings. The lowest BCUT2D eigenvalue weighted by Gasteiger charge is -2.13. The van der Waals surface area contributed by atoms with Gasteiger partial charge in [0.05, 0.1) is 12.7 Å². The fourth-order valence-corrected chi connectivity index (χ4v) is 1.89. The van der Waals surface area contributed by atoms with Crippen molar-refractivity contribution in [3.05, 3.63) is 29.8 Å². The third-order valence-corrected chi connectivity index (χ3v) is 3.40. The van der Waals surface area contributed by atoms with Crippen LogP contribution in [0, 0.1) is 5.41 Å². The van der Waals surface area contributed by atoms with E-state index in [9.17, 15) is 9.90 Å². The van der Waals surface area contributed by atoms with Crippen LogP contribution in [0.15, 0.2) is 24.3 Å². The van der Waals surface area contributed by atoms with Crippen LogP contribution in [0.25, 0.3) is 0 Å². The Morgan fingerprint density at radius 2 is 2.00 bits per heavy atom. The van der Waals surface area contributed by atoms with E-state index in [0.29, 0.717) is 12.1 Å². The average Bonchev–Trinajstić information content (AvgIpc) is 3.17. The predicted octanol–water partition coefficient (Wildman–Crippen LogP) is 1.98. The molecule has 1 aliphatic carbocycles. The van der Waals surface area contributed by atoms with Crippen molar-refractivity contribution in [1.82, 2.24) is 5.32 Å². The molecule has 0 aliphatic heterocycles. The monoisotopic (exact) mass is 263 g/mol. The topological polar surface area (TPSA) is 58.6 Å². The molecule has 1 aromatic carbocycles. The number of rotatable bonds is 6. The average molecular weight is 263 g/mol. The van der Waals surface area contributed by atoms with Gasteiger partial charge in [-0.25, -0.2) is 0 Å². The Balaban J connectivity index is 1.88. The Labute approximate surface area is 113 Å². The highest BCUT2D eigenvalue weighted by Gasteiger charge is 2.42. The molecule has 0 atom stereocenters. The van der Waals surface area contributed by atoms with Crippen LogP contribution in [-0.4, -0.2) is 30.3 Å². The van der Waals surface area contributed by atoms with Crippen molar-refractivity contribution in [1.29, 1.82) is 0 Å². The molecule has 1 saturated carbocycles. The van der Waals surface area contributed by atoms with Crippen molar-refractivity contribution in [2.24, 2.45) is 5.41 Å². The van der Waals surface area contributed by atoms with Gasteiger partial charge >= 0.3 is 0 Å². The van der Waals surface area contributed by atoms with Crippen molar-refractivity contribution in [2.75, 3.05) is 13.2 Å². The minimum absolute atomic E-state index is 0.0592. The van der Waals surface area contributed by atoms with E-state index >= 15 is 0 Å². The van der Waals surface area contributed by atoms with Gasteiger partial charge in [-0.3, -0.25) is 4.79 Å². The number of hydrogen-bond acceptors (Lipinski definition) is 3. The van der Waals surface area contributed by atoms with Gasteiger partial charge in [0.25, 0.3) is 5.91 Å². The van der Waals surface area contributed by atoms with Gasteiger partial charge < -0.3 is 15.2 Å². The fourth-order valence-electron chi connectivity index (χ4n) is 1.89. The molecule has 4 heteroatoms. The van der Waals surface area contributed by atoms with Gasteiger partial charge in [-0.15, -0.1) is 0 Å². The predicted molar refractivity (Wildman–Crippen MR) is 73.3 cm³/mol. The van der Waals surface area contributed by atoms with Crippen molar-refractivity contribution in [3.63, 3.8) is 0 Å². The first-order chi connectivity index (χ1) is 9.04. The second-order valence-electron chi connectivity index (χ2n) is 5.53. The maximum atomic E-state index is 11.9. The molecule has 0 unspecified atom stereocenters. The Morgan fingerprint density at radius 3 is 2.47 bits per heavy atom. The maximum absolute atomic E-state index is 11.9. The van der Waals surface area contributed by atoms with Crippen molar-refractivity contribution in [2.45, 2.75) is 32.8 Å². The molecule has 2 rings (SSSR count). The third-order valence-electron chi connectivity index (χ3n) is 3.40. The van der Waals surface area contributed by atoms with Crippen LogP contribution < -0.4 is 10.1 Å². The summed E-state index contributed by atoms with van der Waals surface area (Å²) >= 11 is 0. The van der Waals surface area contributed by atoms with E-state index in [2.05, 4.69) is 5.32 Å². The van der Waals surface area contributed by atoms with E-state index < -0.39 is 0 Å². The highest BCUT2D eigenvalue weighted by Crippen LogP contribution is 2.44. The molecular weight excluding hydrogens is 242 g/mol. The molecule has 0 heterocycles. The molecule has 0 saturated heterocycles. The van der Waals surface area contributed by atoms with E-state index in [-0.39, 0.29) is 24.0 Å². The van der Waals surface area contributed by atoms with Crippen LogP contribution in [0.1, 0.15) is 37.0 Å². The molecule has 1 aliphatic rings. The van der Waals surface area contributed by atoms with Crippen LogP contribution in [0.4, 0.5) is 0 Å². The Morgan fingerprint density at radius 1 is 1.37 bits per heavy atom. The molecule has 2 N–H and O–H groups in total. The standard InChI is InChI=1S/C15H21NO3/c1-11(2)19-13-5-3-12(4-6-13)14(18)16-9-15(10-17)7-8-15/h3-6,11,17H,7-10H2,1-2H3,(H,16,18). The molecule has 19 heavy (non-hydrogen) atoms. The second-order valence-corrected chi connectivity index (χ2v) is 5.53. The fraction of sp³-hybridized carbons (Fsp3) is 0.533. The Hall–Kier alpha value is -1.55. The Bertz CT molecular complexity index is 435. The van der Waals surface area contributed by atoms with Crippen molar-refractivity contribution >= 4 is 5.91 Å². The van der Waals surface area contributed by atoms with Crippen molar-refractivity contribution in [3.8, 4) is 5.75 Å². The molecular formula is C15H21NO3. The second kappa shape index (κ2) is 5.61. The first-order valence-corrected chi connectivity index (χ1v) is 6.70. The summed E-state index contributed by atoms with van der Waals surface area (Å²) in [6, 6.07) is 7.11. The number of aliphatic hydroxyl groups excluding tert-OH is 1. The lowest BCUT2D eigenvalue weighted by Crippen LogP contribution is -2.31. The number of aliphatic hydroxyl groups is 1. The van der Waals surface area contributed by atoms with E-state index in [0.717, 1.165) is 18.6 Å². The summed E-state index contributed by atoms with van der Waals surface area (Å²) in [4.78, 5) is 11.9. The number of benzene rings is 1. The summed E-state index contributed by atoms with van der Waals surface area (Å²) in [6.07, 6.45) is 2.11. The van der Waals surface area contributed by atoms with Crippen molar-refractivity contribution < 1.29 is 14.6 Å². The van der Waals surface area contributed by atoms with E-state index in [1.807, 2.05) is 13.8 Å². The van der Waals surface area contributed by atoms with E-state index in [1.54, 1.807) is 24.3 Å². The maximum Gasteiger partial charge on any atom is 0.251 e. The lowest BCUT2D eigenvalue weighted by atomic mass is 10.1. The molecule has 104 valence electrons. The molecule has 1 amide bonds. The highest BCUT2D eigenvalue weighted by molar-refractivity contribution is 5.94. The zero-order valence-corrected chi connectivity index (χ0v) is 11.5. The zero-order valence-electron chi connectivity index (χ0n) is 11.5. The minimum Gasteiger partial charge on any atom is -0.491 e. The number of carbonyl (C=O) groups is 1. The van der Waals surface area contributed by atoms with Crippen LogP contribution in [0.5, 0.6) is 5.75 Å². The largest absolute Gasteiger partial charge is 0.491 e. The molecule has 1 aromatic rings. The number of ether oxygens (including phenoxy) is 1. The highest BCUT2D eigenvalue weighted by atomic mass is 16.5. The van der Waals surface area contributed by atoms with Crippen LogP contribution in [-0.2, 0) is 0 Å². The third kappa shape index (κ3) is 3.70. The molecule has 0 aromatic heterocycles. The molecule has 4 nitrogen and oxygen atoms in total. The van der Waals surface area contributed by atoms with Gasteiger partial charge in [-0.2, -0.15) is 0 Å². The summed E-state index contributed by atoms with van der Waals surface area (Å²) in [6.45, 7) is 4.62. The zero-order chi connectivity index (χ0) is 13.9. The minimum atomic E-state index is -0.101. The number of amides is 1. The van der Waals surface area contributed by atoms with Gasteiger partial charge in [0, 0.05) is 17.5 Å². The SMILES string of the molecule is CC(C)Oc1ccc(C(=O)NCC2(CO)CC2)cc1. The lowest BCUT2D eigenvalue weighted by molar-refractivity contribution is 0.0935. The van der Waals surface area contributed by atoms with E-state index in [1.165, 1.54) is 0 Å². The quantitative estimate of drug-likeness (QED) is 0.825. The van der Waals surface area contributed by atoms with Gasteiger partial charge in [-0.05, 0) is 51.0 Å². The number of hydrogen-bond donors (Lipinski definition) is 2. The van der Waals surface area contributed by atoms with E-state index in [4.69, 9.17) is 4.74 Å².